The van der Waals surface area contributed by atoms with E-state index in [1.807, 2.05) is 23.9 Å². The highest BCUT2D eigenvalue weighted by molar-refractivity contribution is 7.14. The molecule has 3 N–H and O–H groups in total. The summed E-state index contributed by atoms with van der Waals surface area (Å²) in [6.45, 7) is 3.09. The number of nitrogens with zero attached hydrogens (tertiary/aromatic N) is 2. The average Bonchev–Trinajstić information content (AvgIpc) is 3.23. The van der Waals surface area contributed by atoms with Crippen LogP contribution in [-0.4, -0.2) is 28.3 Å². The Morgan fingerprint density at radius 2 is 2.17 bits per heavy atom. The predicted octanol–water partition coefficient (Wildman–Crippen LogP) is 3.44. The third-order valence-electron chi connectivity index (χ3n) is 5.17. The van der Waals surface area contributed by atoms with Crippen LogP contribution in [0.5, 0.6) is 0 Å². The molecule has 3 heterocycles. The molecule has 152 valence electrons. The van der Waals surface area contributed by atoms with Crippen LogP contribution >= 0.6 is 11.3 Å². The molecule has 3 aromatic rings. The predicted molar refractivity (Wildman–Crippen MR) is 109 cm³/mol. The highest BCUT2D eigenvalue weighted by atomic mass is 32.1. The van der Waals surface area contributed by atoms with Gasteiger partial charge in [-0.2, -0.15) is 5.10 Å². The van der Waals surface area contributed by atoms with Crippen molar-refractivity contribution in [3.8, 4) is 11.3 Å². The standard InChI is InChI=1S/C21H22F2N4OS/c1-12-11-25-27-6-2-3-18-15(20(12)27)9-19(29-18)21(28)26-14(10-24)7-13-4-5-16(22)17(23)8-13/h4-5,8-9,11,14H,2-3,6-7,10,24H2,1H3,(H,26,28). The SMILES string of the molecule is Cc1cnn2c1-c1cc(C(=O)NC(CN)Cc3ccc(F)c(F)c3)sc1CCC2. The van der Waals surface area contributed by atoms with Crippen molar-refractivity contribution in [1.82, 2.24) is 15.1 Å². The lowest BCUT2D eigenvalue weighted by atomic mass is 10.1. The molecule has 4 rings (SSSR count). The lowest BCUT2D eigenvalue weighted by molar-refractivity contribution is 0.0942. The Morgan fingerprint density at radius 3 is 2.93 bits per heavy atom. The van der Waals surface area contributed by atoms with Crippen molar-refractivity contribution in [3.63, 3.8) is 0 Å². The van der Waals surface area contributed by atoms with Crippen LogP contribution in [0.25, 0.3) is 11.3 Å². The molecule has 0 radical (unpaired) electrons. The molecule has 0 saturated heterocycles. The van der Waals surface area contributed by atoms with E-state index in [2.05, 4.69) is 10.4 Å². The number of nitrogens with two attached hydrogens (primary N) is 1. The van der Waals surface area contributed by atoms with Gasteiger partial charge >= 0.3 is 0 Å². The number of carbonyl (C=O) groups is 1. The second kappa shape index (κ2) is 8.04. The van der Waals surface area contributed by atoms with E-state index in [0.717, 1.165) is 48.3 Å². The number of rotatable bonds is 5. The molecular weight excluding hydrogens is 394 g/mol. The van der Waals surface area contributed by atoms with E-state index < -0.39 is 11.6 Å². The fourth-order valence-corrected chi connectivity index (χ4v) is 4.82. The van der Waals surface area contributed by atoms with Crippen molar-refractivity contribution in [3.05, 3.63) is 63.0 Å². The number of hydrogen-bond donors (Lipinski definition) is 2. The third-order valence-corrected chi connectivity index (χ3v) is 6.36. The molecule has 1 aromatic carbocycles. The molecule has 1 aliphatic heterocycles. The fourth-order valence-electron chi connectivity index (χ4n) is 3.72. The van der Waals surface area contributed by atoms with E-state index in [0.29, 0.717) is 16.9 Å². The Hall–Kier alpha value is -2.58. The number of carbonyl (C=O) groups excluding carboxylic acids is 1. The van der Waals surface area contributed by atoms with Crippen molar-refractivity contribution in [1.29, 1.82) is 0 Å². The monoisotopic (exact) mass is 416 g/mol. The number of aromatic nitrogens is 2. The van der Waals surface area contributed by atoms with Gasteiger partial charge in [0.05, 0.1) is 16.8 Å². The van der Waals surface area contributed by atoms with E-state index in [-0.39, 0.29) is 18.5 Å². The maximum atomic E-state index is 13.5. The summed E-state index contributed by atoms with van der Waals surface area (Å²) in [5.41, 5.74) is 9.63. The summed E-state index contributed by atoms with van der Waals surface area (Å²) >= 11 is 1.49. The van der Waals surface area contributed by atoms with Crippen molar-refractivity contribution in [2.45, 2.75) is 38.8 Å². The minimum atomic E-state index is -0.904. The van der Waals surface area contributed by atoms with Gasteiger partial charge in [0.15, 0.2) is 11.6 Å². The molecular formula is C21H22F2N4OS. The maximum absolute atomic E-state index is 13.5. The molecule has 8 heteroatoms. The van der Waals surface area contributed by atoms with E-state index in [1.54, 1.807) is 0 Å². The highest BCUT2D eigenvalue weighted by Crippen LogP contribution is 2.36. The quantitative estimate of drug-likeness (QED) is 0.669. The Kier molecular flexibility index (Phi) is 5.47. The van der Waals surface area contributed by atoms with Gasteiger partial charge in [0, 0.05) is 29.6 Å². The Balaban J connectivity index is 1.53. The largest absolute Gasteiger partial charge is 0.347 e. The van der Waals surface area contributed by atoms with Crippen LogP contribution in [0.3, 0.4) is 0 Å². The summed E-state index contributed by atoms with van der Waals surface area (Å²) in [5.74, 6) is -2.00. The van der Waals surface area contributed by atoms with E-state index in [1.165, 1.54) is 22.3 Å². The molecule has 0 saturated carbocycles. The molecule has 0 fully saturated rings. The van der Waals surface area contributed by atoms with Gasteiger partial charge in [0.2, 0.25) is 0 Å². The fraction of sp³-hybridized carbons (Fsp3) is 0.333. The zero-order valence-electron chi connectivity index (χ0n) is 16.0. The number of halogens is 2. The number of thiophene rings is 1. The molecule has 5 nitrogen and oxygen atoms in total. The summed E-state index contributed by atoms with van der Waals surface area (Å²) < 4.78 is 28.6. The molecule has 0 spiro atoms. The minimum Gasteiger partial charge on any atom is -0.347 e. The Morgan fingerprint density at radius 1 is 1.34 bits per heavy atom. The number of hydrogen-bond acceptors (Lipinski definition) is 4. The van der Waals surface area contributed by atoms with Gasteiger partial charge < -0.3 is 11.1 Å². The van der Waals surface area contributed by atoms with Crippen LogP contribution in [0.15, 0.2) is 30.5 Å². The number of nitrogens with one attached hydrogen (secondary N) is 1. The van der Waals surface area contributed by atoms with Crippen LogP contribution < -0.4 is 11.1 Å². The van der Waals surface area contributed by atoms with Crippen LogP contribution in [-0.2, 0) is 19.4 Å². The molecule has 29 heavy (non-hydrogen) atoms. The first-order chi connectivity index (χ1) is 14.0. The molecule has 1 aliphatic rings. The van der Waals surface area contributed by atoms with Gasteiger partial charge in [-0.1, -0.05) is 6.07 Å². The number of fused-ring (bicyclic) bond motifs is 3. The van der Waals surface area contributed by atoms with E-state index in [9.17, 15) is 13.6 Å². The lowest BCUT2D eigenvalue weighted by Gasteiger charge is -2.16. The van der Waals surface area contributed by atoms with Gasteiger partial charge in [0.25, 0.3) is 5.91 Å². The van der Waals surface area contributed by atoms with Gasteiger partial charge in [0.1, 0.15) is 0 Å². The average molecular weight is 416 g/mol. The van der Waals surface area contributed by atoms with Gasteiger partial charge in [-0.3, -0.25) is 9.48 Å². The second-order valence-corrected chi connectivity index (χ2v) is 8.45. The Bertz CT molecular complexity index is 1060. The second-order valence-electron chi connectivity index (χ2n) is 7.31. The molecule has 0 aliphatic carbocycles. The third kappa shape index (κ3) is 3.95. The number of amides is 1. The molecule has 0 bridgehead atoms. The van der Waals surface area contributed by atoms with E-state index in [4.69, 9.17) is 5.73 Å². The summed E-state index contributed by atoms with van der Waals surface area (Å²) in [6.07, 6.45) is 4.07. The first-order valence-corrected chi connectivity index (χ1v) is 10.4. The van der Waals surface area contributed by atoms with Crippen molar-refractivity contribution in [2.75, 3.05) is 6.54 Å². The zero-order valence-corrected chi connectivity index (χ0v) is 16.9. The van der Waals surface area contributed by atoms with Crippen LogP contribution in [0.1, 0.15) is 32.1 Å². The Labute approximate surface area is 171 Å². The van der Waals surface area contributed by atoms with Gasteiger partial charge in [-0.25, -0.2) is 8.78 Å². The van der Waals surface area contributed by atoms with Crippen molar-refractivity contribution < 1.29 is 13.6 Å². The lowest BCUT2D eigenvalue weighted by Crippen LogP contribution is -2.41. The normalized spacial score (nSPS) is 14.1. The van der Waals surface area contributed by atoms with Gasteiger partial charge in [-0.05, 0) is 55.5 Å². The topological polar surface area (TPSA) is 72.9 Å². The van der Waals surface area contributed by atoms with Crippen LogP contribution in [0, 0.1) is 18.6 Å². The molecule has 1 atom stereocenters. The van der Waals surface area contributed by atoms with Crippen LogP contribution in [0.2, 0.25) is 0 Å². The number of aryl methyl sites for hydroxylation is 3. The van der Waals surface area contributed by atoms with Crippen molar-refractivity contribution >= 4 is 17.2 Å². The van der Waals surface area contributed by atoms with Crippen molar-refractivity contribution in [2.24, 2.45) is 5.73 Å². The van der Waals surface area contributed by atoms with E-state index >= 15 is 0 Å². The highest BCUT2D eigenvalue weighted by Gasteiger charge is 2.23. The number of benzene rings is 1. The minimum absolute atomic E-state index is 0.196. The van der Waals surface area contributed by atoms with Gasteiger partial charge in [-0.15, -0.1) is 11.3 Å². The first kappa shape index (κ1) is 19.7. The summed E-state index contributed by atoms with van der Waals surface area (Å²) in [6, 6.07) is 5.28. The first-order valence-electron chi connectivity index (χ1n) is 9.56. The molecule has 1 unspecified atom stereocenters. The molecule has 1 amide bonds. The summed E-state index contributed by atoms with van der Waals surface area (Å²) in [5, 5.41) is 7.37. The smallest absolute Gasteiger partial charge is 0.261 e. The molecule has 2 aromatic heterocycles. The summed E-state index contributed by atoms with van der Waals surface area (Å²) in [4.78, 5) is 14.7. The van der Waals surface area contributed by atoms with Crippen LogP contribution in [0.4, 0.5) is 8.78 Å². The maximum Gasteiger partial charge on any atom is 0.261 e. The zero-order chi connectivity index (χ0) is 20.5. The summed E-state index contributed by atoms with van der Waals surface area (Å²) in [7, 11) is 0.